The van der Waals surface area contributed by atoms with Crippen LogP contribution in [0.3, 0.4) is 0 Å². The number of hydrogen-bond acceptors (Lipinski definition) is 3. The molecule has 1 unspecified atom stereocenters. The van der Waals surface area contributed by atoms with Gasteiger partial charge < -0.3 is 15.2 Å². The molecule has 0 aliphatic carbocycles. The lowest BCUT2D eigenvalue weighted by molar-refractivity contribution is 0.351. The second-order valence-corrected chi connectivity index (χ2v) is 5.01. The summed E-state index contributed by atoms with van der Waals surface area (Å²) in [6.45, 7) is 2.07. The van der Waals surface area contributed by atoms with Crippen molar-refractivity contribution in [2.24, 2.45) is 0 Å². The molecule has 3 nitrogen and oxygen atoms in total. The highest BCUT2D eigenvalue weighted by Gasteiger charge is 2.18. The van der Waals surface area contributed by atoms with Gasteiger partial charge in [-0.2, -0.15) is 0 Å². The van der Waals surface area contributed by atoms with Gasteiger partial charge >= 0.3 is 0 Å². The first-order valence-corrected chi connectivity index (χ1v) is 6.72. The van der Waals surface area contributed by atoms with Crippen LogP contribution in [0.1, 0.15) is 24.0 Å². The first-order chi connectivity index (χ1) is 9.58. The van der Waals surface area contributed by atoms with Crippen molar-refractivity contribution in [1.82, 2.24) is 0 Å². The molecule has 20 heavy (non-hydrogen) atoms. The smallest absolute Gasteiger partial charge is 0.164 e. The number of benzene rings is 2. The molecule has 2 N–H and O–H groups in total. The SMILES string of the molecule is COc1cccc(C(C)c2cc(Cl)ccc2N)c1OC. The molecule has 0 aliphatic heterocycles. The average molecular weight is 292 g/mol. The van der Waals surface area contributed by atoms with Crippen molar-refractivity contribution < 1.29 is 9.47 Å². The van der Waals surface area contributed by atoms with E-state index in [2.05, 4.69) is 6.92 Å². The molecule has 0 saturated carbocycles. The summed E-state index contributed by atoms with van der Waals surface area (Å²) in [6.07, 6.45) is 0. The second kappa shape index (κ2) is 6.06. The van der Waals surface area contributed by atoms with Gasteiger partial charge in [0.2, 0.25) is 0 Å². The Morgan fingerprint density at radius 3 is 2.45 bits per heavy atom. The summed E-state index contributed by atoms with van der Waals surface area (Å²) in [5.74, 6) is 1.48. The highest BCUT2D eigenvalue weighted by atomic mass is 35.5. The molecule has 0 saturated heterocycles. The third-order valence-electron chi connectivity index (χ3n) is 3.42. The number of halogens is 1. The highest BCUT2D eigenvalue weighted by molar-refractivity contribution is 6.30. The molecule has 0 bridgehead atoms. The van der Waals surface area contributed by atoms with E-state index in [0.717, 1.165) is 16.9 Å². The number of nitrogen functional groups attached to an aromatic ring is 1. The van der Waals surface area contributed by atoms with Gasteiger partial charge in [0.25, 0.3) is 0 Å². The summed E-state index contributed by atoms with van der Waals surface area (Å²) in [5, 5.41) is 0.669. The van der Waals surface area contributed by atoms with E-state index in [0.29, 0.717) is 16.5 Å². The minimum Gasteiger partial charge on any atom is -0.493 e. The molecule has 0 heterocycles. The number of rotatable bonds is 4. The van der Waals surface area contributed by atoms with Crippen molar-refractivity contribution >= 4 is 17.3 Å². The Morgan fingerprint density at radius 2 is 1.80 bits per heavy atom. The van der Waals surface area contributed by atoms with Crippen LogP contribution >= 0.6 is 11.6 Å². The Bertz CT molecular complexity index is 613. The van der Waals surface area contributed by atoms with Gasteiger partial charge in [0.1, 0.15) is 0 Å². The Labute approximate surface area is 124 Å². The number of para-hydroxylation sites is 1. The molecule has 4 heteroatoms. The minimum atomic E-state index is 0.0544. The molecule has 0 aliphatic rings. The number of anilines is 1. The van der Waals surface area contributed by atoms with Crippen LogP contribution in [-0.4, -0.2) is 14.2 Å². The fourth-order valence-corrected chi connectivity index (χ4v) is 2.52. The Morgan fingerprint density at radius 1 is 1.05 bits per heavy atom. The van der Waals surface area contributed by atoms with Crippen LogP contribution in [0.25, 0.3) is 0 Å². The van der Waals surface area contributed by atoms with E-state index >= 15 is 0 Å². The lowest BCUT2D eigenvalue weighted by atomic mass is 9.91. The minimum absolute atomic E-state index is 0.0544. The maximum atomic E-state index is 6.07. The van der Waals surface area contributed by atoms with Crippen molar-refractivity contribution in [1.29, 1.82) is 0 Å². The Hall–Kier alpha value is -1.87. The normalized spacial score (nSPS) is 12.0. The van der Waals surface area contributed by atoms with Crippen LogP contribution in [0, 0.1) is 0 Å². The van der Waals surface area contributed by atoms with E-state index < -0.39 is 0 Å². The predicted octanol–water partition coefficient (Wildman–Crippen LogP) is 4.09. The zero-order valence-corrected chi connectivity index (χ0v) is 12.6. The molecule has 106 valence electrons. The molecule has 2 aromatic rings. The van der Waals surface area contributed by atoms with E-state index in [1.807, 2.05) is 30.3 Å². The molecular formula is C16H18ClNO2. The van der Waals surface area contributed by atoms with E-state index in [9.17, 15) is 0 Å². The standard InChI is InChI=1S/C16H18ClNO2/c1-10(13-9-11(17)7-8-14(13)18)12-5-4-6-15(19-2)16(12)20-3/h4-10H,18H2,1-3H3. The molecule has 2 aromatic carbocycles. The van der Waals surface area contributed by atoms with Crippen LogP contribution in [0.4, 0.5) is 5.69 Å². The lowest BCUT2D eigenvalue weighted by Gasteiger charge is -2.19. The number of nitrogens with two attached hydrogens (primary N) is 1. The van der Waals surface area contributed by atoms with Crippen LogP contribution < -0.4 is 15.2 Å². The average Bonchev–Trinajstić information content (AvgIpc) is 2.48. The lowest BCUT2D eigenvalue weighted by Crippen LogP contribution is -2.04. The number of hydrogen-bond donors (Lipinski definition) is 1. The molecule has 0 fully saturated rings. The van der Waals surface area contributed by atoms with E-state index in [-0.39, 0.29) is 5.92 Å². The first-order valence-electron chi connectivity index (χ1n) is 6.34. The quantitative estimate of drug-likeness (QED) is 0.863. The zero-order chi connectivity index (χ0) is 14.7. The van der Waals surface area contributed by atoms with Gasteiger partial charge in [-0.15, -0.1) is 0 Å². The van der Waals surface area contributed by atoms with Crippen molar-refractivity contribution in [2.45, 2.75) is 12.8 Å². The highest BCUT2D eigenvalue weighted by Crippen LogP contribution is 2.39. The first kappa shape index (κ1) is 14.5. The molecule has 0 amide bonds. The molecule has 0 aromatic heterocycles. The van der Waals surface area contributed by atoms with Crippen molar-refractivity contribution in [2.75, 3.05) is 20.0 Å². The van der Waals surface area contributed by atoms with Crippen molar-refractivity contribution in [3.63, 3.8) is 0 Å². The van der Waals surface area contributed by atoms with E-state index in [1.165, 1.54) is 0 Å². The van der Waals surface area contributed by atoms with Gasteiger partial charge in [0.15, 0.2) is 11.5 Å². The summed E-state index contributed by atoms with van der Waals surface area (Å²) >= 11 is 6.07. The Balaban J connectivity index is 2.53. The molecular weight excluding hydrogens is 274 g/mol. The largest absolute Gasteiger partial charge is 0.493 e. The maximum absolute atomic E-state index is 6.07. The van der Waals surface area contributed by atoms with E-state index in [1.54, 1.807) is 20.3 Å². The van der Waals surface area contributed by atoms with Crippen LogP contribution in [0.15, 0.2) is 36.4 Å². The fourth-order valence-electron chi connectivity index (χ4n) is 2.34. The summed E-state index contributed by atoms with van der Waals surface area (Å²) in [6, 6.07) is 11.3. The number of methoxy groups -OCH3 is 2. The van der Waals surface area contributed by atoms with Gasteiger partial charge in [0.05, 0.1) is 14.2 Å². The zero-order valence-electron chi connectivity index (χ0n) is 11.8. The molecule has 2 rings (SSSR count). The Kier molecular flexibility index (Phi) is 4.40. The molecule has 0 spiro atoms. The fraction of sp³-hybridized carbons (Fsp3) is 0.250. The van der Waals surface area contributed by atoms with Crippen molar-refractivity contribution in [3.8, 4) is 11.5 Å². The summed E-state index contributed by atoms with van der Waals surface area (Å²) in [4.78, 5) is 0. The molecule has 0 radical (unpaired) electrons. The molecule has 1 atom stereocenters. The van der Waals surface area contributed by atoms with Gasteiger partial charge in [-0.1, -0.05) is 30.7 Å². The van der Waals surface area contributed by atoms with Gasteiger partial charge in [0, 0.05) is 22.2 Å². The monoisotopic (exact) mass is 291 g/mol. The van der Waals surface area contributed by atoms with Gasteiger partial charge in [-0.3, -0.25) is 0 Å². The topological polar surface area (TPSA) is 44.5 Å². The number of ether oxygens (including phenoxy) is 2. The van der Waals surface area contributed by atoms with Gasteiger partial charge in [-0.05, 0) is 29.8 Å². The van der Waals surface area contributed by atoms with Crippen LogP contribution in [-0.2, 0) is 0 Å². The van der Waals surface area contributed by atoms with Crippen LogP contribution in [0.5, 0.6) is 11.5 Å². The third kappa shape index (κ3) is 2.68. The maximum Gasteiger partial charge on any atom is 0.164 e. The summed E-state index contributed by atoms with van der Waals surface area (Å²) in [5.41, 5.74) is 8.76. The van der Waals surface area contributed by atoms with E-state index in [4.69, 9.17) is 26.8 Å². The summed E-state index contributed by atoms with van der Waals surface area (Å²) < 4.78 is 10.8. The third-order valence-corrected chi connectivity index (χ3v) is 3.65. The van der Waals surface area contributed by atoms with Crippen LogP contribution in [0.2, 0.25) is 5.02 Å². The second-order valence-electron chi connectivity index (χ2n) is 4.58. The summed E-state index contributed by atoms with van der Waals surface area (Å²) in [7, 11) is 3.26. The van der Waals surface area contributed by atoms with Crippen molar-refractivity contribution in [3.05, 3.63) is 52.5 Å². The predicted molar refractivity (Wildman–Crippen MR) is 82.9 cm³/mol. The van der Waals surface area contributed by atoms with Gasteiger partial charge in [-0.25, -0.2) is 0 Å².